The van der Waals surface area contributed by atoms with Crippen LogP contribution in [0.25, 0.3) is 0 Å². The smallest absolute Gasteiger partial charge is 0.253 e. The molecule has 1 aromatic carbocycles. The molecule has 0 bridgehead atoms. The monoisotopic (exact) mass is 446 g/mol. The van der Waals surface area contributed by atoms with Gasteiger partial charge in [-0.3, -0.25) is 19.5 Å². The molecule has 2 heterocycles. The Morgan fingerprint density at radius 1 is 1.13 bits per heavy atom. The van der Waals surface area contributed by atoms with E-state index in [1.807, 2.05) is 23.3 Å². The lowest BCUT2D eigenvalue weighted by Gasteiger charge is -2.36. The van der Waals surface area contributed by atoms with Crippen LogP contribution in [-0.4, -0.2) is 70.8 Å². The summed E-state index contributed by atoms with van der Waals surface area (Å²) in [5.41, 5.74) is 1.61. The average Bonchev–Trinajstić information content (AvgIpc) is 2.77. The van der Waals surface area contributed by atoms with E-state index in [2.05, 4.69) is 15.2 Å². The Morgan fingerprint density at radius 2 is 1.83 bits per heavy atom. The standard InChI is InChI=1S/C22H27ClN4O2S/c1-30-15-8-20(25-21(28)18-4-2-3-5-19(18)23)22(29)27-13-11-26(12-14-27)16-17-6-9-24-10-7-17/h2-7,9-10,20H,8,11-16H2,1H3,(H,25,28). The summed E-state index contributed by atoms with van der Waals surface area (Å²) in [7, 11) is 0. The first-order valence-electron chi connectivity index (χ1n) is 10.0. The molecule has 6 nitrogen and oxygen atoms in total. The second kappa shape index (κ2) is 11.3. The number of amides is 2. The van der Waals surface area contributed by atoms with Crippen molar-refractivity contribution in [3.63, 3.8) is 0 Å². The number of nitrogens with one attached hydrogen (secondary N) is 1. The molecule has 1 unspecified atom stereocenters. The van der Waals surface area contributed by atoms with Gasteiger partial charge in [0, 0.05) is 45.1 Å². The molecular weight excluding hydrogens is 420 g/mol. The zero-order valence-electron chi connectivity index (χ0n) is 17.1. The van der Waals surface area contributed by atoms with Crippen molar-refractivity contribution >= 4 is 35.2 Å². The molecule has 0 saturated carbocycles. The Kier molecular flexibility index (Phi) is 8.54. The zero-order chi connectivity index (χ0) is 21.3. The van der Waals surface area contributed by atoms with Crippen molar-refractivity contribution in [3.8, 4) is 0 Å². The Morgan fingerprint density at radius 3 is 2.50 bits per heavy atom. The molecule has 2 aromatic rings. The average molecular weight is 447 g/mol. The number of thioether (sulfide) groups is 1. The molecule has 1 N–H and O–H groups in total. The third kappa shape index (κ3) is 6.20. The van der Waals surface area contributed by atoms with Crippen LogP contribution in [0.5, 0.6) is 0 Å². The van der Waals surface area contributed by atoms with Crippen LogP contribution in [-0.2, 0) is 11.3 Å². The maximum atomic E-state index is 13.2. The van der Waals surface area contributed by atoms with Crippen molar-refractivity contribution in [2.24, 2.45) is 0 Å². The van der Waals surface area contributed by atoms with Gasteiger partial charge in [0.05, 0.1) is 10.6 Å². The largest absolute Gasteiger partial charge is 0.340 e. The van der Waals surface area contributed by atoms with Gasteiger partial charge in [0.2, 0.25) is 5.91 Å². The van der Waals surface area contributed by atoms with Crippen LogP contribution >= 0.6 is 23.4 Å². The molecule has 160 valence electrons. The maximum absolute atomic E-state index is 13.2. The predicted molar refractivity (Wildman–Crippen MR) is 122 cm³/mol. The second-order valence-corrected chi connectivity index (χ2v) is 8.64. The maximum Gasteiger partial charge on any atom is 0.253 e. The van der Waals surface area contributed by atoms with E-state index < -0.39 is 6.04 Å². The number of hydrogen-bond donors (Lipinski definition) is 1. The summed E-state index contributed by atoms with van der Waals surface area (Å²) in [5.74, 6) is 0.464. The Balaban J connectivity index is 1.58. The highest BCUT2D eigenvalue weighted by Gasteiger charge is 2.29. The first-order valence-corrected chi connectivity index (χ1v) is 11.8. The second-order valence-electron chi connectivity index (χ2n) is 7.24. The number of pyridine rings is 1. The first kappa shape index (κ1) is 22.6. The molecule has 1 aromatic heterocycles. The third-order valence-corrected chi connectivity index (χ3v) is 6.15. The molecule has 1 saturated heterocycles. The van der Waals surface area contributed by atoms with E-state index in [0.717, 1.165) is 25.4 Å². The Bertz CT molecular complexity index is 844. The number of aromatic nitrogens is 1. The van der Waals surface area contributed by atoms with Gasteiger partial charge in [-0.2, -0.15) is 11.8 Å². The van der Waals surface area contributed by atoms with Crippen molar-refractivity contribution in [2.45, 2.75) is 19.0 Å². The number of benzene rings is 1. The van der Waals surface area contributed by atoms with Gasteiger partial charge in [-0.25, -0.2) is 0 Å². The van der Waals surface area contributed by atoms with E-state index in [-0.39, 0.29) is 11.8 Å². The molecule has 30 heavy (non-hydrogen) atoms. The molecule has 1 atom stereocenters. The van der Waals surface area contributed by atoms with Crippen LogP contribution in [0.4, 0.5) is 0 Å². The fourth-order valence-corrected chi connectivity index (χ4v) is 4.16. The minimum Gasteiger partial charge on any atom is -0.340 e. The summed E-state index contributed by atoms with van der Waals surface area (Å²) in [6.45, 7) is 3.77. The summed E-state index contributed by atoms with van der Waals surface area (Å²) in [6, 6.07) is 10.4. The molecule has 1 aliphatic heterocycles. The van der Waals surface area contributed by atoms with Crippen molar-refractivity contribution in [3.05, 3.63) is 64.9 Å². The lowest BCUT2D eigenvalue weighted by Crippen LogP contribution is -2.55. The van der Waals surface area contributed by atoms with Gasteiger partial charge in [-0.05, 0) is 48.3 Å². The fraction of sp³-hybridized carbons (Fsp3) is 0.409. The number of carbonyl (C=O) groups is 2. The first-order chi connectivity index (χ1) is 14.6. The summed E-state index contributed by atoms with van der Waals surface area (Å²) in [4.78, 5) is 34.1. The zero-order valence-corrected chi connectivity index (χ0v) is 18.7. The summed E-state index contributed by atoms with van der Waals surface area (Å²) < 4.78 is 0. The Hall–Kier alpha value is -2.09. The quantitative estimate of drug-likeness (QED) is 0.675. The van der Waals surface area contributed by atoms with Crippen molar-refractivity contribution in [2.75, 3.05) is 38.2 Å². The van der Waals surface area contributed by atoms with Gasteiger partial charge < -0.3 is 10.2 Å². The fourth-order valence-electron chi connectivity index (χ4n) is 3.47. The number of piperazine rings is 1. The Labute approximate surface area is 187 Å². The minimum absolute atomic E-state index is 0.0204. The molecule has 1 fully saturated rings. The number of nitrogens with zero attached hydrogens (tertiary/aromatic N) is 3. The van der Waals surface area contributed by atoms with Crippen molar-refractivity contribution in [1.29, 1.82) is 0 Å². The van der Waals surface area contributed by atoms with Crippen LogP contribution in [0.1, 0.15) is 22.3 Å². The van der Waals surface area contributed by atoms with Gasteiger partial charge in [0.15, 0.2) is 0 Å². The van der Waals surface area contributed by atoms with E-state index in [0.29, 0.717) is 30.1 Å². The van der Waals surface area contributed by atoms with Gasteiger partial charge in [0.1, 0.15) is 6.04 Å². The molecular formula is C22H27ClN4O2S. The van der Waals surface area contributed by atoms with Crippen LogP contribution in [0.3, 0.4) is 0 Å². The normalized spacial score (nSPS) is 15.6. The van der Waals surface area contributed by atoms with Gasteiger partial charge in [-0.15, -0.1) is 0 Å². The SMILES string of the molecule is CSCCC(NC(=O)c1ccccc1Cl)C(=O)N1CCN(Cc2ccncc2)CC1. The number of rotatable bonds is 8. The van der Waals surface area contributed by atoms with E-state index in [1.54, 1.807) is 48.4 Å². The van der Waals surface area contributed by atoms with E-state index >= 15 is 0 Å². The molecule has 3 rings (SSSR count). The number of hydrogen-bond acceptors (Lipinski definition) is 5. The minimum atomic E-state index is -0.548. The third-order valence-electron chi connectivity index (χ3n) is 5.17. The lowest BCUT2D eigenvalue weighted by molar-refractivity contribution is -0.135. The summed E-state index contributed by atoms with van der Waals surface area (Å²) in [5, 5.41) is 3.29. The van der Waals surface area contributed by atoms with Crippen LogP contribution < -0.4 is 5.32 Å². The number of carbonyl (C=O) groups excluding carboxylic acids is 2. The van der Waals surface area contributed by atoms with Crippen molar-refractivity contribution in [1.82, 2.24) is 20.1 Å². The van der Waals surface area contributed by atoms with E-state index in [9.17, 15) is 9.59 Å². The molecule has 1 aliphatic rings. The molecule has 0 aliphatic carbocycles. The molecule has 2 amide bonds. The van der Waals surface area contributed by atoms with Crippen LogP contribution in [0.2, 0.25) is 5.02 Å². The topological polar surface area (TPSA) is 65.5 Å². The summed E-state index contributed by atoms with van der Waals surface area (Å²) in [6.07, 6.45) is 6.18. The van der Waals surface area contributed by atoms with E-state index in [1.165, 1.54) is 5.56 Å². The summed E-state index contributed by atoms with van der Waals surface area (Å²) >= 11 is 7.81. The predicted octanol–water partition coefficient (Wildman–Crippen LogP) is 2.93. The molecule has 8 heteroatoms. The van der Waals surface area contributed by atoms with E-state index in [4.69, 9.17) is 11.6 Å². The lowest BCUT2D eigenvalue weighted by atomic mass is 10.1. The van der Waals surface area contributed by atoms with Gasteiger partial charge in [0.25, 0.3) is 5.91 Å². The van der Waals surface area contributed by atoms with Crippen molar-refractivity contribution < 1.29 is 9.59 Å². The van der Waals surface area contributed by atoms with Gasteiger partial charge >= 0.3 is 0 Å². The highest BCUT2D eigenvalue weighted by molar-refractivity contribution is 7.98. The van der Waals surface area contributed by atoms with Crippen LogP contribution in [0.15, 0.2) is 48.8 Å². The highest BCUT2D eigenvalue weighted by Crippen LogP contribution is 2.16. The highest BCUT2D eigenvalue weighted by atomic mass is 35.5. The van der Waals surface area contributed by atoms with Gasteiger partial charge in [-0.1, -0.05) is 23.7 Å². The molecule has 0 radical (unpaired) electrons. The van der Waals surface area contributed by atoms with Crippen LogP contribution in [0, 0.1) is 0 Å². The number of halogens is 1. The molecule has 0 spiro atoms.